The van der Waals surface area contributed by atoms with Gasteiger partial charge >= 0.3 is 5.97 Å². The smallest absolute Gasteiger partial charge is 0.350 e. The number of fused-ring (bicyclic) bond motifs is 1. The van der Waals surface area contributed by atoms with Crippen molar-refractivity contribution in [2.45, 2.75) is 38.7 Å². The summed E-state index contributed by atoms with van der Waals surface area (Å²) >= 11 is 5.84. The second-order valence-electron chi connectivity index (χ2n) is 6.90. The Labute approximate surface area is 158 Å². The van der Waals surface area contributed by atoms with Crippen molar-refractivity contribution in [1.82, 2.24) is 0 Å². The van der Waals surface area contributed by atoms with E-state index in [1.807, 2.05) is 12.1 Å². The summed E-state index contributed by atoms with van der Waals surface area (Å²) in [5, 5.41) is 0.581. The Morgan fingerprint density at radius 1 is 1.04 bits per heavy atom. The molecule has 136 valence electrons. The number of Topliss-reactive ketones (excluding diaryl/α,β-unsaturated/α-hetero) is 1. The number of carbonyl (C=O) groups is 2. The van der Waals surface area contributed by atoms with Crippen molar-refractivity contribution < 1.29 is 19.1 Å². The molecule has 2 aromatic rings. The first-order valence-corrected chi connectivity index (χ1v) is 9.00. The fraction of sp³-hybridized carbons (Fsp3) is 0.333. The Kier molecular flexibility index (Phi) is 5.33. The van der Waals surface area contributed by atoms with Crippen LogP contribution < -0.4 is 4.74 Å². The summed E-state index contributed by atoms with van der Waals surface area (Å²) in [6, 6.07) is 12.4. The highest BCUT2D eigenvalue weighted by molar-refractivity contribution is 6.30. The van der Waals surface area contributed by atoms with Crippen LogP contribution in [0.15, 0.2) is 42.5 Å². The molecule has 0 saturated carbocycles. The Morgan fingerprint density at radius 3 is 2.46 bits per heavy atom. The fourth-order valence-electron chi connectivity index (χ4n) is 2.97. The third-order valence-electron chi connectivity index (χ3n) is 4.43. The van der Waals surface area contributed by atoms with Crippen LogP contribution in [-0.2, 0) is 22.4 Å². The van der Waals surface area contributed by atoms with Crippen molar-refractivity contribution in [3.05, 3.63) is 64.2 Å². The van der Waals surface area contributed by atoms with Crippen LogP contribution in [0.1, 0.15) is 41.8 Å². The lowest BCUT2D eigenvalue weighted by Gasteiger charge is -2.24. The van der Waals surface area contributed by atoms with Gasteiger partial charge in [-0.2, -0.15) is 0 Å². The van der Waals surface area contributed by atoms with E-state index in [9.17, 15) is 9.59 Å². The lowest BCUT2D eigenvalue weighted by Crippen LogP contribution is -2.40. The van der Waals surface area contributed by atoms with Gasteiger partial charge in [-0.05, 0) is 74.6 Å². The number of benzene rings is 2. The molecule has 1 aliphatic rings. The normalized spacial score (nSPS) is 13.2. The highest BCUT2D eigenvalue weighted by Gasteiger charge is 2.32. The molecular formula is C21H21ClO4. The van der Waals surface area contributed by atoms with Gasteiger partial charge in [-0.1, -0.05) is 23.7 Å². The van der Waals surface area contributed by atoms with E-state index >= 15 is 0 Å². The largest absolute Gasteiger partial charge is 0.476 e. The second kappa shape index (κ2) is 7.50. The van der Waals surface area contributed by atoms with Gasteiger partial charge < -0.3 is 9.47 Å². The van der Waals surface area contributed by atoms with Gasteiger partial charge in [0.1, 0.15) is 5.75 Å². The summed E-state index contributed by atoms with van der Waals surface area (Å²) in [6.07, 6.45) is 3.19. The van der Waals surface area contributed by atoms with E-state index < -0.39 is 11.6 Å². The Hall–Kier alpha value is -2.33. The zero-order valence-corrected chi connectivity index (χ0v) is 15.6. The van der Waals surface area contributed by atoms with Gasteiger partial charge in [0, 0.05) is 10.6 Å². The molecule has 0 radical (unpaired) electrons. The minimum Gasteiger partial charge on any atom is -0.476 e. The van der Waals surface area contributed by atoms with Gasteiger partial charge in [-0.15, -0.1) is 0 Å². The van der Waals surface area contributed by atoms with Crippen LogP contribution >= 0.6 is 11.6 Å². The Morgan fingerprint density at radius 2 is 1.73 bits per heavy atom. The van der Waals surface area contributed by atoms with Gasteiger partial charge in [-0.25, -0.2) is 4.79 Å². The molecule has 0 heterocycles. The van der Waals surface area contributed by atoms with Crippen LogP contribution in [0.2, 0.25) is 5.02 Å². The van der Waals surface area contributed by atoms with Crippen molar-refractivity contribution >= 4 is 23.4 Å². The van der Waals surface area contributed by atoms with Crippen molar-refractivity contribution in [2.24, 2.45) is 0 Å². The standard InChI is InChI=1S/C21H21ClO4/c1-21(2,26-18-10-8-17(22)9-11-18)20(24)25-13-19(23)16-7-6-14-4-3-5-15(14)12-16/h6-12H,3-5,13H2,1-2H3. The number of halogens is 1. The van der Waals surface area contributed by atoms with Gasteiger partial charge in [0.25, 0.3) is 0 Å². The van der Waals surface area contributed by atoms with Crippen LogP contribution in [0.4, 0.5) is 0 Å². The third kappa shape index (κ3) is 4.25. The molecule has 3 rings (SSSR count). The number of esters is 1. The number of hydrogen-bond donors (Lipinski definition) is 0. The molecule has 26 heavy (non-hydrogen) atoms. The minimum absolute atomic E-state index is 0.213. The first-order valence-electron chi connectivity index (χ1n) is 8.62. The van der Waals surface area contributed by atoms with E-state index in [0.717, 1.165) is 19.3 Å². The minimum atomic E-state index is -1.22. The van der Waals surface area contributed by atoms with Crippen LogP contribution in [-0.4, -0.2) is 24.0 Å². The van der Waals surface area contributed by atoms with Crippen molar-refractivity contribution in [3.8, 4) is 5.75 Å². The molecule has 0 saturated heterocycles. The summed E-state index contributed by atoms with van der Waals surface area (Å²) < 4.78 is 10.9. The maximum Gasteiger partial charge on any atom is 0.350 e. The molecule has 0 N–H and O–H groups in total. The highest BCUT2D eigenvalue weighted by atomic mass is 35.5. The van der Waals surface area contributed by atoms with Gasteiger partial charge in [0.15, 0.2) is 18.0 Å². The van der Waals surface area contributed by atoms with Crippen molar-refractivity contribution in [1.29, 1.82) is 0 Å². The average Bonchev–Trinajstić information content (AvgIpc) is 3.08. The van der Waals surface area contributed by atoms with Crippen molar-refractivity contribution in [3.63, 3.8) is 0 Å². The molecule has 0 atom stereocenters. The lowest BCUT2D eigenvalue weighted by atomic mass is 10.0. The molecule has 5 heteroatoms. The first kappa shape index (κ1) is 18.5. The van der Waals surface area contributed by atoms with E-state index in [-0.39, 0.29) is 12.4 Å². The number of rotatable bonds is 6. The number of ether oxygens (including phenoxy) is 2. The molecule has 0 unspecified atom stereocenters. The van der Waals surface area contributed by atoms with Crippen LogP contribution in [0.25, 0.3) is 0 Å². The molecular weight excluding hydrogens is 352 g/mol. The Balaban J connectivity index is 1.58. The molecule has 2 aromatic carbocycles. The average molecular weight is 373 g/mol. The number of ketones is 1. The lowest BCUT2D eigenvalue weighted by molar-refractivity contribution is -0.158. The molecule has 4 nitrogen and oxygen atoms in total. The summed E-state index contributed by atoms with van der Waals surface area (Å²) in [5.41, 5.74) is 1.88. The summed E-state index contributed by atoms with van der Waals surface area (Å²) in [4.78, 5) is 24.7. The molecule has 0 aliphatic heterocycles. The highest BCUT2D eigenvalue weighted by Crippen LogP contribution is 2.24. The van der Waals surface area contributed by atoms with E-state index in [0.29, 0.717) is 16.3 Å². The monoisotopic (exact) mass is 372 g/mol. The fourth-order valence-corrected chi connectivity index (χ4v) is 3.10. The predicted octanol–water partition coefficient (Wildman–Crippen LogP) is 4.41. The van der Waals surface area contributed by atoms with E-state index in [4.69, 9.17) is 21.1 Å². The zero-order chi connectivity index (χ0) is 18.7. The molecule has 1 aliphatic carbocycles. The van der Waals surface area contributed by atoms with Crippen molar-refractivity contribution in [2.75, 3.05) is 6.61 Å². The third-order valence-corrected chi connectivity index (χ3v) is 4.69. The molecule has 0 fully saturated rings. The first-order chi connectivity index (χ1) is 12.3. The maximum absolute atomic E-state index is 12.3. The molecule has 0 spiro atoms. The topological polar surface area (TPSA) is 52.6 Å². The quantitative estimate of drug-likeness (QED) is 0.556. The van der Waals surface area contributed by atoms with Crippen LogP contribution in [0.5, 0.6) is 5.75 Å². The molecule has 0 bridgehead atoms. The van der Waals surface area contributed by atoms with Gasteiger partial charge in [-0.3, -0.25) is 4.79 Å². The van der Waals surface area contributed by atoms with Gasteiger partial charge in [0.2, 0.25) is 0 Å². The molecule has 0 amide bonds. The van der Waals surface area contributed by atoms with E-state index in [2.05, 4.69) is 0 Å². The Bertz CT molecular complexity index is 824. The van der Waals surface area contributed by atoms with Gasteiger partial charge in [0.05, 0.1) is 0 Å². The van der Waals surface area contributed by atoms with E-state index in [1.54, 1.807) is 44.2 Å². The summed E-state index contributed by atoms with van der Waals surface area (Å²) in [6.45, 7) is 2.90. The number of carbonyl (C=O) groups excluding carboxylic acids is 2. The van der Waals surface area contributed by atoms with E-state index in [1.165, 1.54) is 11.1 Å². The van der Waals surface area contributed by atoms with Crippen LogP contribution in [0.3, 0.4) is 0 Å². The predicted molar refractivity (Wildman–Crippen MR) is 99.9 cm³/mol. The zero-order valence-electron chi connectivity index (χ0n) is 14.9. The summed E-state index contributed by atoms with van der Waals surface area (Å²) in [5.74, 6) is -0.307. The maximum atomic E-state index is 12.3. The number of hydrogen-bond acceptors (Lipinski definition) is 4. The SMILES string of the molecule is CC(C)(Oc1ccc(Cl)cc1)C(=O)OCC(=O)c1ccc2c(c1)CCC2. The van der Waals surface area contributed by atoms with Crippen LogP contribution in [0, 0.1) is 0 Å². The second-order valence-corrected chi connectivity index (χ2v) is 7.34. The molecule has 0 aromatic heterocycles. The number of aryl methyl sites for hydroxylation is 2. The summed E-state index contributed by atoms with van der Waals surface area (Å²) in [7, 11) is 0.